The molecule has 0 aromatic carbocycles. The molecule has 8 nitrogen and oxygen atoms in total. The average Bonchev–Trinajstić information content (AvgIpc) is 2.84. The van der Waals surface area contributed by atoms with Crippen LogP contribution in [0.15, 0.2) is 0 Å². The summed E-state index contributed by atoms with van der Waals surface area (Å²) in [6.07, 6.45) is 13.2. The molecular weight excluding hydrogens is 557 g/mol. The summed E-state index contributed by atoms with van der Waals surface area (Å²) in [5.74, 6) is -0.318. The summed E-state index contributed by atoms with van der Waals surface area (Å²) in [6.45, 7) is 7.03. The molecule has 0 aromatic rings. The Morgan fingerprint density at radius 2 is 1.53 bits per heavy atom. The Hall–Kier alpha value is -0.510. The van der Waals surface area contributed by atoms with E-state index in [1.807, 2.05) is 0 Å². The van der Waals surface area contributed by atoms with Crippen LogP contribution in [0.1, 0.15) is 104 Å². The number of nitrogens with one attached hydrogen (secondary N) is 1. The molecule has 1 rings (SSSR count). The highest BCUT2D eigenvalue weighted by Crippen LogP contribution is 2.40. The van der Waals surface area contributed by atoms with E-state index in [4.69, 9.17) is 58.5 Å². The van der Waals surface area contributed by atoms with Crippen LogP contribution >= 0.6 is 34.8 Å². The van der Waals surface area contributed by atoms with E-state index < -0.39 is 15.5 Å². The highest BCUT2D eigenvalue weighted by atomic mass is 35.6. The fourth-order valence-electron chi connectivity index (χ4n) is 3.84. The van der Waals surface area contributed by atoms with Crippen molar-refractivity contribution in [3.63, 3.8) is 0 Å². The number of rotatable bonds is 20. The first-order chi connectivity index (χ1) is 18.0. The number of alkyl carbamates (subject to hydrolysis) is 1. The topological polar surface area (TPSA) is 92.3 Å². The van der Waals surface area contributed by atoms with Gasteiger partial charge in [-0.25, -0.2) is 4.79 Å². The normalized spacial score (nSPS) is 17.2. The standard InChI is InChI=1S/C27H48Cl3NO7/c1-22(32)36-21-23(37-24-16-12-15-19-35-24)20-34-18-14-11-9-7-5-4-6-8-10-13-17-31-25(33)38-26(2,3)27(28,29)30/h23-24H,4-21H2,1-3H3,(H,31,33)/t23-,24?/m1/s1. The highest BCUT2D eigenvalue weighted by Gasteiger charge is 2.44. The number of unbranched alkanes of at least 4 members (excludes halogenated alkanes) is 9. The van der Waals surface area contributed by atoms with Crippen molar-refractivity contribution in [3.05, 3.63) is 0 Å². The van der Waals surface area contributed by atoms with Gasteiger partial charge in [-0.2, -0.15) is 0 Å². The van der Waals surface area contributed by atoms with Gasteiger partial charge < -0.3 is 29.0 Å². The van der Waals surface area contributed by atoms with Crippen molar-refractivity contribution in [2.75, 3.05) is 33.0 Å². The molecule has 224 valence electrons. The molecule has 1 unspecified atom stereocenters. The summed E-state index contributed by atoms with van der Waals surface area (Å²) < 4.78 is 26.0. The Morgan fingerprint density at radius 3 is 2.08 bits per heavy atom. The summed E-state index contributed by atoms with van der Waals surface area (Å²) in [7, 11) is 0. The SMILES string of the molecule is CC(=O)OC[C@@H](COCCCCCCCCCCCCNC(=O)OC(C)(C)C(Cl)(Cl)Cl)OC1CCCCO1. The van der Waals surface area contributed by atoms with Crippen molar-refractivity contribution in [2.24, 2.45) is 0 Å². The molecule has 0 aromatic heterocycles. The molecule has 0 radical (unpaired) electrons. The van der Waals surface area contributed by atoms with Crippen molar-refractivity contribution in [3.8, 4) is 0 Å². The third-order valence-electron chi connectivity index (χ3n) is 6.27. The predicted molar refractivity (Wildman–Crippen MR) is 151 cm³/mol. The van der Waals surface area contributed by atoms with Crippen LogP contribution < -0.4 is 5.32 Å². The van der Waals surface area contributed by atoms with Gasteiger partial charge in [0.1, 0.15) is 12.7 Å². The minimum atomic E-state index is -1.69. The smallest absolute Gasteiger partial charge is 0.407 e. The zero-order valence-corrected chi connectivity index (χ0v) is 25.6. The van der Waals surface area contributed by atoms with Gasteiger partial charge in [0.25, 0.3) is 0 Å². The lowest BCUT2D eigenvalue weighted by atomic mass is 10.1. The van der Waals surface area contributed by atoms with Gasteiger partial charge in [0.2, 0.25) is 3.79 Å². The Kier molecular flexibility index (Phi) is 19.0. The van der Waals surface area contributed by atoms with Crippen molar-refractivity contribution in [1.29, 1.82) is 0 Å². The van der Waals surface area contributed by atoms with Crippen molar-refractivity contribution in [2.45, 2.75) is 126 Å². The molecule has 1 aliphatic rings. The molecule has 1 amide bonds. The maximum Gasteiger partial charge on any atom is 0.407 e. The summed E-state index contributed by atoms with van der Waals surface area (Å²) >= 11 is 17.5. The third kappa shape index (κ3) is 18.0. The summed E-state index contributed by atoms with van der Waals surface area (Å²) in [5.41, 5.74) is -1.21. The zero-order valence-electron chi connectivity index (χ0n) is 23.4. The van der Waals surface area contributed by atoms with E-state index >= 15 is 0 Å². The molecule has 2 atom stereocenters. The molecule has 0 saturated carbocycles. The van der Waals surface area contributed by atoms with Crippen LogP contribution in [0.2, 0.25) is 0 Å². The molecule has 1 heterocycles. The molecule has 38 heavy (non-hydrogen) atoms. The van der Waals surface area contributed by atoms with Crippen LogP contribution in [0.3, 0.4) is 0 Å². The molecular formula is C27H48Cl3NO7. The molecule has 1 fully saturated rings. The second kappa shape index (κ2) is 20.4. The van der Waals surface area contributed by atoms with Gasteiger partial charge in [-0.15, -0.1) is 0 Å². The first-order valence-corrected chi connectivity index (χ1v) is 15.2. The van der Waals surface area contributed by atoms with Gasteiger partial charge in [0.05, 0.1) is 6.61 Å². The number of halogens is 3. The molecule has 0 spiro atoms. The average molecular weight is 605 g/mol. The van der Waals surface area contributed by atoms with Crippen molar-refractivity contribution in [1.82, 2.24) is 5.32 Å². The summed E-state index contributed by atoms with van der Waals surface area (Å²) in [6, 6.07) is 0. The number of carbonyl (C=O) groups excluding carboxylic acids is 2. The quantitative estimate of drug-likeness (QED) is 0.0888. The minimum absolute atomic E-state index is 0.189. The van der Waals surface area contributed by atoms with Crippen LogP contribution in [-0.4, -0.2) is 66.8 Å². The third-order valence-corrected chi connectivity index (χ3v) is 7.64. The molecule has 0 bridgehead atoms. The van der Waals surface area contributed by atoms with E-state index in [0.717, 1.165) is 51.4 Å². The molecule has 1 N–H and O–H groups in total. The van der Waals surface area contributed by atoms with Crippen molar-refractivity contribution < 1.29 is 33.3 Å². The number of carbonyl (C=O) groups is 2. The van der Waals surface area contributed by atoms with Gasteiger partial charge in [0, 0.05) is 26.7 Å². The Bertz CT molecular complexity index is 641. The monoisotopic (exact) mass is 603 g/mol. The molecule has 0 aliphatic carbocycles. The van der Waals surface area contributed by atoms with E-state index in [2.05, 4.69) is 5.32 Å². The second-order valence-corrected chi connectivity index (χ2v) is 12.6. The highest BCUT2D eigenvalue weighted by molar-refractivity contribution is 6.68. The fraction of sp³-hybridized carbons (Fsp3) is 0.926. The number of hydrogen-bond acceptors (Lipinski definition) is 7. The van der Waals surface area contributed by atoms with E-state index in [0.29, 0.717) is 26.4 Å². The first kappa shape index (κ1) is 35.5. The van der Waals surface area contributed by atoms with Crippen LogP contribution in [0.25, 0.3) is 0 Å². The largest absolute Gasteiger partial charge is 0.463 e. The Labute approximate surface area is 244 Å². The zero-order chi connectivity index (χ0) is 28.3. The van der Waals surface area contributed by atoms with E-state index in [9.17, 15) is 9.59 Å². The summed E-state index contributed by atoms with van der Waals surface area (Å²) in [4.78, 5) is 23.0. The first-order valence-electron chi connectivity index (χ1n) is 14.0. The van der Waals surface area contributed by atoms with Crippen LogP contribution in [0, 0.1) is 0 Å². The Morgan fingerprint density at radius 1 is 0.921 bits per heavy atom. The maximum absolute atomic E-state index is 11.8. The van der Waals surface area contributed by atoms with Gasteiger partial charge in [-0.1, -0.05) is 86.2 Å². The number of esters is 1. The Balaban J connectivity index is 1.94. The summed E-state index contributed by atoms with van der Waals surface area (Å²) in [5, 5.41) is 2.71. The second-order valence-electron chi connectivity index (χ2n) is 10.3. The fourth-order valence-corrected chi connectivity index (χ4v) is 3.96. The number of amides is 1. The lowest BCUT2D eigenvalue weighted by Crippen LogP contribution is -2.44. The van der Waals surface area contributed by atoms with Gasteiger partial charge >= 0.3 is 12.1 Å². The molecule has 1 aliphatic heterocycles. The minimum Gasteiger partial charge on any atom is -0.463 e. The number of alkyl halides is 3. The molecule has 11 heteroatoms. The van der Waals surface area contributed by atoms with E-state index in [1.54, 1.807) is 13.8 Å². The van der Waals surface area contributed by atoms with E-state index in [1.165, 1.54) is 39.0 Å². The van der Waals surface area contributed by atoms with Crippen LogP contribution in [0.4, 0.5) is 4.79 Å². The predicted octanol–water partition coefficient (Wildman–Crippen LogP) is 7.25. The number of hydrogen-bond donors (Lipinski definition) is 1. The lowest BCUT2D eigenvalue weighted by molar-refractivity contribution is -0.208. The van der Waals surface area contributed by atoms with Crippen LogP contribution in [0.5, 0.6) is 0 Å². The van der Waals surface area contributed by atoms with E-state index in [-0.39, 0.29) is 25.0 Å². The van der Waals surface area contributed by atoms with Crippen molar-refractivity contribution >= 4 is 46.9 Å². The van der Waals surface area contributed by atoms with Gasteiger partial charge in [-0.05, 0) is 46.0 Å². The lowest BCUT2D eigenvalue weighted by Gasteiger charge is -2.31. The van der Waals surface area contributed by atoms with Crippen LogP contribution in [-0.2, 0) is 28.5 Å². The maximum atomic E-state index is 11.8. The molecule has 1 saturated heterocycles. The number of ether oxygens (including phenoxy) is 5. The van der Waals surface area contributed by atoms with Gasteiger partial charge in [0.15, 0.2) is 11.9 Å². The van der Waals surface area contributed by atoms with Gasteiger partial charge in [-0.3, -0.25) is 4.79 Å².